The number of nitrogens with two attached hydrogens (primary N) is 1. The molecule has 0 saturated heterocycles. The third-order valence-electron chi connectivity index (χ3n) is 4.63. The van der Waals surface area contributed by atoms with E-state index in [4.69, 9.17) is 5.73 Å². The van der Waals surface area contributed by atoms with Gasteiger partial charge in [-0.3, -0.25) is 0 Å². The zero-order valence-corrected chi connectivity index (χ0v) is 18.9. The fraction of sp³-hybridized carbons (Fsp3) is 0.125. The van der Waals surface area contributed by atoms with Crippen molar-refractivity contribution in [2.75, 3.05) is 11.1 Å². The highest BCUT2D eigenvalue weighted by Gasteiger charge is 2.15. The van der Waals surface area contributed by atoms with Crippen LogP contribution in [-0.2, 0) is 10.0 Å². The normalized spacial score (nSPS) is 11.2. The van der Waals surface area contributed by atoms with Crippen LogP contribution in [0.4, 0.5) is 17.3 Å². The van der Waals surface area contributed by atoms with Gasteiger partial charge in [0.25, 0.3) is 0 Å². The van der Waals surface area contributed by atoms with Crippen LogP contribution in [0.1, 0.15) is 25.1 Å². The fourth-order valence-corrected chi connectivity index (χ4v) is 4.38. The smallest absolute Gasteiger partial charge is 0.240 e. The second kappa shape index (κ2) is 9.24. The maximum absolute atomic E-state index is 12.3. The number of hydrogen-bond acceptors (Lipinski definition) is 7. The number of pyridine rings is 3. The van der Waals surface area contributed by atoms with Gasteiger partial charge >= 0.3 is 0 Å². The largest absolute Gasteiger partial charge is 0.383 e. The van der Waals surface area contributed by atoms with Crippen LogP contribution < -0.4 is 15.8 Å². The highest BCUT2D eigenvalue weighted by Crippen LogP contribution is 2.23. The first-order valence-electron chi connectivity index (χ1n) is 10.2. The van der Waals surface area contributed by atoms with Crippen LogP contribution in [0.25, 0.3) is 10.8 Å². The Kier molecular flexibility index (Phi) is 6.22. The van der Waals surface area contributed by atoms with E-state index in [1.165, 1.54) is 0 Å². The molecule has 9 heteroatoms. The second-order valence-corrected chi connectivity index (χ2v) is 9.28. The minimum absolute atomic E-state index is 0.185. The summed E-state index contributed by atoms with van der Waals surface area (Å²) >= 11 is 0. The molecular formula is C24H22N6O2S. The molecule has 166 valence electrons. The lowest BCUT2D eigenvalue weighted by Gasteiger charge is -2.11. The van der Waals surface area contributed by atoms with Crippen molar-refractivity contribution < 1.29 is 8.42 Å². The Morgan fingerprint density at radius 1 is 0.970 bits per heavy atom. The molecule has 0 amide bonds. The molecule has 0 spiro atoms. The Hall–Kier alpha value is -4.00. The van der Waals surface area contributed by atoms with Gasteiger partial charge in [0.2, 0.25) is 10.0 Å². The van der Waals surface area contributed by atoms with E-state index in [1.54, 1.807) is 68.8 Å². The number of hydrogen-bond donors (Lipinski definition) is 3. The standard InChI is InChI=1S/C24H22N6O2S/c1-16(2)30-33(31,32)20-8-6-19(7-9-20)29-23-14-21-18(15-28-23)11-13-26-22(21)10-5-17-4-3-12-27-24(17)25/h3-4,6-9,11-16,30H,1-2H3,(H2,25,27)(H,28,29). The molecule has 3 heterocycles. The molecule has 1 aromatic carbocycles. The van der Waals surface area contributed by atoms with Gasteiger partial charge in [0.1, 0.15) is 17.3 Å². The molecule has 4 aromatic rings. The highest BCUT2D eigenvalue weighted by molar-refractivity contribution is 7.89. The Labute approximate surface area is 192 Å². The van der Waals surface area contributed by atoms with Gasteiger partial charge in [-0.2, -0.15) is 0 Å². The number of nitrogens with one attached hydrogen (secondary N) is 2. The number of fused-ring (bicyclic) bond motifs is 1. The van der Waals surface area contributed by atoms with E-state index in [2.05, 4.69) is 36.8 Å². The summed E-state index contributed by atoms with van der Waals surface area (Å²) in [6.45, 7) is 3.55. The van der Waals surface area contributed by atoms with Gasteiger partial charge in [-0.05, 0) is 68.3 Å². The molecule has 4 rings (SSSR count). The number of nitrogen functional groups attached to an aromatic ring is 1. The van der Waals surface area contributed by atoms with Gasteiger partial charge in [0.15, 0.2) is 0 Å². The quantitative estimate of drug-likeness (QED) is 0.392. The van der Waals surface area contributed by atoms with Gasteiger partial charge in [-0.15, -0.1) is 0 Å². The Bertz CT molecular complexity index is 1470. The first kappa shape index (κ1) is 22.2. The lowest BCUT2D eigenvalue weighted by Crippen LogP contribution is -2.30. The lowest BCUT2D eigenvalue weighted by molar-refractivity contribution is 0.570. The average molecular weight is 459 g/mol. The van der Waals surface area contributed by atoms with Gasteiger partial charge in [-0.25, -0.2) is 28.1 Å². The summed E-state index contributed by atoms with van der Waals surface area (Å²) in [5.74, 6) is 7.03. The van der Waals surface area contributed by atoms with Gasteiger partial charge in [0.05, 0.1) is 10.5 Å². The van der Waals surface area contributed by atoms with Crippen molar-refractivity contribution in [3.05, 3.63) is 78.4 Å². The van der Waals surface area contributed by atoms with E-state index in [0.717, 1.165) is 10.8 Å². The number of benzene rings is 1. The van der Waals surface area contributed by atoms with Crippen LogP contribution in [0.5, 0.6) is 0 Å². The van der Waals surface area contributed by atoms with Gasteiger partial charge < -0.3 is 11.1 Å². The first-order valence-corrected chi connectivity index (χ1v) is 11.7. The molecule has 8 nitrogen and oxygen atoms in total. The maximum Gasteiger partial charge on any atom is 0.240 e. The summed E-state index contributed by atoms with van der Waals surface area (Å²) in [5.41, 5.74) is 7.79. The number of nitrogens with zero attached hydrogens (tertiary/aromatic N) is 3. The molecule has 0 radical (unpaired) electrons. The summed E-state index contributed by atoms with van der Waals surface area (Å²) < 4.78 is 27.2. The van der Waals surface area contributed by atoms with Crippen molar-refractivity contribution in [2.24, 2.45) is 0 Å². The molecule has 0 aliphatic carbocycles. The SMILES string of the molecule is CC(C)NS(=O)(=O)c1ccc(Nc2cc3c(C#Cc4cccnc4N)nccc3cn2)cc1. The predicted octanol–water partition coefficient (Wildman–Crippen LogP) is 3.44. The second-order valence-electron chi connectivity index (χ2n) is 7.56. The van der Waals surface area contributed by atoms with Crippen molar-refractivity contribution in [3.63, 3.8) is 0 Å². The molecule has 0 bridgehead atoms. The summed E-state index contributed by atoms with van der Waals surface area (Å²) in [5, 5.41) is 4.91. The van der Waals surface area contributed by atoms with Crippen molar-refractivity contribution in [3.8, 4) is 11.8 Å². The van der Waals surface area contributed by atoms with Gasteiger partial charge in [-0.1, -0.05) is 5.92 Å². The van der Waals surface area contributed by atoms with Crippen molar-refractivity contribution in [2.45, 2.75) is 24.8 Å². The number of rotatable bonds is 5. The van der Waals surface area contributed by atoms with Crippen LogP contribution in [-0.4, -0.2) is 29.4 Å². The molecule has 4 N–H and O–H groups in total. The van der Waals surface area contributed by atoms with Crippen LogP contribution in [0.15, 0.2) is 72.0 Å². The number of sulfonamides is 1. The Morgan fingerprint density at radius 2 is 1.76 bits per heavy atom. The fourth-order valence-electron chi connectivity index (χ4n) is 3.13. The molecule has 0 fully saturated rings. The minimum atomic E-state index is -3.55. The number of anilines is 3. The van der Waals surface area contributed by atoms with E-state index in [1.807, 2.05) is 12.1 Å². The molecule has 0 unspecified atom stereocenters. The number of aromatic nitrogens is 3. The predicted molar refractivity (Wildman–Crippen MR) is 129 cm³/mol. The minimum Gasteiger partial charge on any atom is -0.383 e. The summed E-state index contributed by atoms with van der Waals surface area (Å²) in [7, 11) is -3.55. The van der Waals surface area contributed by atoms with E-state index in [-0.39, 0.29) is 10.9 Å². The van der Waals surface area contributed by atoms with Crippen molar-refractivity contribution in [1.82, 2.24) is 19.7 Å². The van der Waals surface area contributed by atoms with Crippen LogP contribution in [0.2, 0.25) is 0 Å². The topological polar surface area (TPSA) is 123 Å². The zero-order valence-electron chi connectivity index (χ0n) is 18.1. The Morgan fingerprint density at radius 3 is 2.48 bits per heavy atom. The summed E-state index contributed by atoms with van der Waals surface area (Å²) in [6.07, 6.45) is 5.02. The highest BCUT2D eigenvalue weighted by atomic mass is 32.2. The summed E-state index contributed by atoms with van der Waals surface area (Å²) in [6, 6.07) is 13.6. The van der Waals surface area contributed by atoms with E-state index >= 15 is 0 Å². The maximum atomic E-state index is 12.3. The molecule has 3 aromatic heterocycles. The molecular weight excluding hydrogens is 436 g/mol. The van der Waals surface area contributed by atoms with E-state index in [9.17, 15) is 8.42 Å². The Balaban J connectivity index is 1.61. The van der Waals surface area contributed by atoms with E-state index < -0.39 is 10.0 Å². The monoisotopic (exact) mass is 458 g/mol. The molecule has 0 atom stereocenters. The molecule has 0 aliphatic rings. The van der Waals surface area contributed by atoms with Crippen LogP contribution >= 0.6 is 0 Å². The molecule has 0 saturated carbocycles. The lowest BCUT2D eigenvalue weighted by atomic mass is 10.1. The summed E-state index contributed by atoms with van der Waals surface area (Å²) in [4.78, 5) is 13.1. The third kappa shape index (κ3) is 5.26. The zero-order chi connectivity index (χ0) is 23.4. The average Bonchev–Trinajstić information content (AvgIpc) is 2.78. The van der Waals surface area contributed by atoms with E-state index in [0.29, 0.717) is 28.6 Å². The van der Waals surface area contributed by atoms with Crippen LogP contribution in [0.3, 0.4) is 0 Å². The van der Waals surface area contributed by atoms with Crippen LogP contribution in [0, 0.1) is 11.8 Å². The first-order chi connectivity index (χ1) is 15.8. The molecule has 33 heavy (non-hydrogen) atoms. The third-order valence-corrected chi connectivity index (χ3v) is 6.30. The molecule has 0 aliphatic heterocycles. The van der Waals surface area contributed by atoms with Crippen molar-refractivity contribution in [1.29, 1.82) is 0 Å². The van der Waals surface area contributed by atoms with Crippen molar-refractivity contribution >= 4 is 38.1 Å². The van der Waals surface area contributed by atoms with Gasteiger partial charge in [0, 0.05) is 41.1 Å².